The van der Waals surface area contributed by atoms with Crippen LogP contribution < -0.4 is 16.8 Å². The summed E-state index contributed by atoms with van der Waals surface area (Å²) in [5, 5.41) is 6.52. The number of hydrogen-bond donors (Lipinski definition) is 3. The first-order valence-corrected chi connectivity index (χ1v) is 8.77. The summed E-state index contributed by atoms with van der Waals surface area (Å²) < 4.78 is 0. The quantitative estimate of drug-likeness (QED) is 0.611. The Balaban J connectivity index is 2.01. The highest BCUT2D eigenvalue weighted by molar-refractivity contribution is 6.36. The van der Waals surface area contributed by atoms with Gasteiger partial charge in [0.1, 0.15) is 5.69 Å². The summed E-state index contributed by atoms with van der Waals surface area (Å²) in [6, 6.07) is 3.07. The van der Waals surface area contributed by atoms with E-state index < -0.39 is 11.2 Å². The van der Waals surface area contributed by atoms with E-state index in [9.17, 15) is 14.4 Å². The van der Waals surface area contributed by atoms with Crippen LogP contribution in [0.2, 0.25) is 10.0 Å². The minimum absolute atomic E-state index is 0.00536. The second-order valence-corrected chi connectivity index (χ2v) is 7.03. The highest BCUT2D eigenvalue weighted by Crippen LogP contribution is 2.31. The molecule has 0 saturated carbocycles. The Labute approximate surface area is 162 Å². The maximum atomic E-state index is 11.9. The van der Waals surface area contributed by atoms with Crippen molar-refractivity contribution in [2.75, 3.05) is 0 Å². The van der Waals surface area contributed by atoms with Gasteiger partial charge in [-0.05, 0) is 17.7 Å². The fourth-order valence-corrected chi connectivity index (χ4v) is 3.20. The van der Waals surface area contributed by atoms with Crippen molar-refractivity contribution in [2.45, 2.75) is 26.2 Å². The largest absolute Gasteiger partial charge is 0.342 e. The molecule has 3 aromatic rings. The summed E-state index contributed by atoms with van der Waals surface area (Å²) in [6.45, 7) is 3.76. The van der Waals surface area contributed by atoms with Crippen LogP contribution in [0.3, 0.4) is 0 Å². The van der Waals surface area contributed by atoms with Gasteiger partial charge >= 0.3 is 5.69 Å². The summed E-state index contributed by atoms with van der Waals surface area (Å²) >= 11 is 12.7. The van der Waals surface area contributed by atoms with Crippen LogP contribution in [0.5, 0.6) is 0 Å². The number of nitrogens with one attached hydrogen (secondary N) is 3. The molecule has 2 heterocycles. The van der Waals surface area contributed by atoms with E-state index in [1.165, 1.54) is 18.3 Å². The third-order valence-electron chi connectivity index (χ3n) is 3.90. The molecule has 0 atom stereocenters. The van der Waals surface area contributed by atoms with Gasteiger partial charge in [-0.25, -0.2) is 14.9 Å². The Morgan fingerprint density at radius 3 is 2.33 bits per heavy atom. The second-order valence-electron chi connectivity index (χ2n) is 6.21. The zero-order chi connectivity index (χ0) is 19.7. The molecule has 0 amide bonds. The summed E-state index contributed by atoms with van der Waals surface area (Å²) in [4.78, 5) is 44.0. The van der Waals surface area contributed by atoms with Gasteiger partial charge in [-0.15, -0.1) is 0 Å². The molecule has 3 rings (SSSR count). The first-order chi connectivity index (χ1) is 12.8. The van der Waals surface area contributed by atoms with Crippen molar-refractivity contribution in [2.24, 2.45) is 0 Å². The molecule has 10 heteroatoms. The van der Waals surface area contributed by atoms with Gasteiger partial charge in [0.2, 0.25) is 0 Å². The molecule has 0 aliphatic rings. The minimum Gasteiger partial charge on any atom is -0.326 e. The molecular weight excluding hydrogens is 393 g/mol. The first kappa shape index (κ1) is 19.1. The van der Waals surface area contributed by atoms with Gasteiger partial charge in [0.25, 0.3) is 11.1 Å². The molecule has 3 N–H and O–H groups in total. The standard InChI is InChI=1S/C17H15Cl2N5O3/c1-7(2)13-15(25)20-6-9(21-13)5-10-11(18)3-8(4-12(10)19)14-16(26)22-17(27)24-23-14/h3-4,6-7H,5H2,1-2H3,(H,20,25)(H2,22,24,26,27). The Hall–Kier alpha value is -2.71. The smallest absolute Gasteiger partial charge is 0.326 e. The van der Waals surface area contributed by atoms with Crippen molar-refractivity contribution in [3.05, 3.63) is 76.5 Å². The Bertz CT molecular complexity index is 1160. The maximum Gasteiger partial charge on any atom is 0.342 e. The third kappa shape index (κ3) is 4.01. The lowest BCUT2D eigenvalue weighted by atomic mass is 10.0. The molecule has 0 aliphatic heterocycles. The number of rotatable bonds is 4. The van der Waals surface area contributed by atoms with E-state index >= 15 is 0 Å². The highest BCUT2D eigenvalue weighted by atomic mass is 35.5. The lowest BCUT2D eigenvalue weighted by molar-refractivity contribution is 0.780. The van der Waals surface area contributed by atoms with Crippen LogP contribution in [0.15, 0.2) is 32.7 Å². The fraction of sp³-hybridized carbons (Fsp3) is 0.235. The van der Waals surface area contributed by atoms with Gasteiger partial charge < -0.3 is 4.98 Å². The van der Waals surface area contributed by atoms with Crippen LogP contribution in [-0.2, 0) is 6.42 Å². The predicted molar refractivity (Wildman–Crippen MR) is 103 cm³/mol. The van der Waals surface area contributed by atoms with Gasteiger partial charge in [0.05, 0.1) is 5.69 Å². The number of H-pyrrole nitrogens is 3. The van der Waals surface area contributed by atoms with Crippen LogP contribution in [0.4, 0.5) is 0 Å². The minimum atomic E-state index is -0.706. The zero-order valence-electron chi connectivity index (χ0n) is 14.4. The molecule has 27 heavy (non-hydrogen) atoms. The molecule has 140 valence electrons. The molecule has 1 aromatic carbocycles. The fourth-order valence-electron chi connectivity index (χ4n) is 2.58. The van der Waals surface area contributed by atoms with Crippen LogP contribution in [-0.4, -0.2) is 25.1 Å². The molecule has 0 bridgehead atoms. The second kappa shape index (κ2) is 7.50. The van der Waals surface area contributed by atoms with Crippen LogP contribution in [0, 0.1) is 0 Å². The van der Waals surface area contributed by atoms with E-state index in [1.807, 2.05) is 13.8 Å². The topological polar surface area (TPSA) is 124 Å². The molecule has 0 fully saturated rings. The predicted octanol–water partition coefficient (Wildman–Crippen LogP) is 2.23. The summed E-state index contributed by atoms with van der Waals surface area (Å²) in [5.41, 5.74) is 0.403. The molecule has 0 unspecified atom stereocenters. The molecule has 0 spiro atoms. The number of benzene rings is 1. The molecule has 0 saturated heterocycles. The van der Waals surface area contributed by atoms with Crippen LogP contribution in [0.1, 0.15) is 36.7 Å². The van der Waals surface area contributed by atoms with E-state index in [-0.39, 0.29) is 17.2 Å². The molecule has 0 radical (unpaired) electrons. The molecule has 0 aliphatic carbocycles. The summed E-state index contributed by atoms with van der Waals surface area (Å²) in [6.07, 6.45) is 1.81. The van der Waals surface area contributed by atoms with Crippen molar-refractivity contribution in [3.63, 3.8) is 0 Å². The van der Waals surface area contributed by atoms with Gasteiger partial charge in [-0.3, -0.25) is 14.6 Å². The Morgan fingerprint density at radius 2 is 1.74 bits per heavy atom. The van der Waals surface area contributed by atoms with Crippen molar-refractivity contribution >= 4 is 23.2 Å². The monoisotopic (exact) mass is 407 g/mol. The average Bonchev–Trinajstić information content (AvgIpc) is 2.59. The van der Waals surface area contributed by atoms with Crippen LogP contribution >= 0.6 is 23.2 Å². The summed E-state index contributed by atoms with van der Waals surface area (Å²) in [5.74, 6) is -0.0277. The van der Waals surface area contributed by atoms with Crippen molar-refractivity contribution in [1.29, 1.82) is 0 Å². The van der Waals surface area contributed by atoms with Crippen LogP contribution in [0.25, 0.3) is 11.3 Å². The van der Waals surface area contributed by atoms with Crippen molar-refractivity contribution < 1.29 is 0 Å². The maximum absolute atomic E-state index is 11.9. The first-order valence-electron chi connectivity index (χ1n) is 8.02. The number of aromatic amines is 3. The van der Waals surface area contributed by atoms with Gasteiger partial charge in [-0.1, -0.05) is 37.0 Å². The Kier molecular flexibility index (Phi) is 5.29. The van der Waals surface area contributed by atoms with E-state index in [2.05, 4.69) is 25.1 Å². The van der Waals surface area contributed by atoms with Gasteiger partial charge in [-0.2, -0.15) is 5.10 Å². The Morgan fingerprint density at radius 1 is 1.07 bits per heavy atom. The molecule has 8 nitrogen and oxygen atoms in total. The van der Waals surface area contributed by atoms with E-state index in [4.69, 9.17) is 23.2 Å². The van der Waals surface area contributed by atoms with Gasteiger partial charge in [0.15, 0.2) is 5.69 Å². The lowest BCUT2D eigenvalue weighted by Crippen LogP contribution is -2.25. The SMILES string of the molecule is CC(C)c1nc(Cc2c(Cl)cc(-c3n[nH]c(=O)[nH]c3=O)cc2Cl)c[nH]c1=O. The van der Waals surface area contributed by atoms with E-state index in [0.717, 1.165) is 0 Å². The van der Waals surface area contributed by atoms with Crippen molar-refractivity contribution in [1.82, 2.24) is 25.1 Å². The van der Waals surface area contributed by atoms with Gasteiger partial charge in [0, 0.05) is 34.1 Å². The summed E-state index contributed by atoms with van der Waals surface area (Å²) in [7, 11) is 0. The molecular formula is C17H15Cl2N5O3. The number of aromatic nitrogens is 5. The van der Waals surface area contributed by atoms with E-state index in [0.29, 0.717) is 39.0 Å². The number of hydrogen-bond acceptors (Lipinski definition) is 5. The zero-order valence-corrected chi connectivity index (χ0v) is 15.9. The normalized spacial score (nSPS) is 11.1. The average molecular weight is 408 g/mol. The number of nitrogens with zero attached hydrogens (tertiary/aromatic N) is 2. The third-order valence-corrected chi connectivity index (χ3v) is 4.57. The highest BCUT2D eigenvalue weighted by Gasteiger charge is 2.15. The van der Waals surface area contributed by atoms with Crippen molar-refractivity contribution in [3.8, 4) is 11.3 Å². The molecule has 2 aromatic heterocycles. The number of halogens is 2. The van der Waals surface area contributed by atoms with E-state index in [1.54, 1.807) is 0 Å². The lowest BCUT2D eigenvalue weighted by Gasteiger charge is -2.11.